The second kappa shape index (κ2) is 11.2. The first-order chi connectivity index (χ1) is 14.6. The Kier molecular flexibility index (Phi) is 10.0. The van der Waals surface area contributed by atoms with Crippen molar-refractivity contribution < 1.29 is 0 Å². The van der Waals surface area contributed by atoms with Crippen LogP contribution in [-0.2, 0) is 9.85 Å². The summed E-state index contributed by atoms with van der Waals surface area (Å²) in [5.74, 6) is 2.22. The summed E-state index contributed by atoms with van der Waals surface area (Å²) in [4.78, 5) is 0. The Bertz CT molecular complexity index is 750. The third-order valence-corrected chi connectivity index (χ3v) is 17.6. The molecule has 4 unspecified atom stereocenters. The number of hydrogen-bond donors (Lipinski definition) is 0. The molecule has 2 rings (SSSR count). The van der Waals surface area contributed by atoms with Gasteiger partial charge in [0.2, 0.25) is 0 Å². The average molecular weight is 551 g/mol. The summed E-state index contributed by atoms with van der Waals surface area (Å²) in [7, 11) is 3.20. The van der Waals surface area contributed by atoms with Crippen molar-refractivity contribution in [3.63, 3.8) is 0 Å². The Labute approximate surface area is 210 Å². The average Bonchev–Trinajstić information content (AvgIpc) is 2.96. The fourth-order valence-electron chi connectivity index (χ4n) is 7.58. The molecule has 0 amide bonds. The Hall–Kier alpha value is 0.449. The predicted octanol–water partition coefficient (Wildman–Crippen LogP) is 7.48. The zero-order valence-electron chi connectivity index (χ0n) is 22.7. The maximum absolute atomic E-state index is 3.20. The van der Waals surface area contributed by atoms with Crippen molar-refractivity contribution in [2.75, 3.05) is 0 Å². The molecule has 0 heterocycles. The molecule has 0 saturated carbocycles. The van der Waals surface area contributed by atoms with Crippen LogP contribution in [0.3, 0.4) is 0 Å². The minimum atomic E-state index is 0.440. The number of unbranched alkanes of at least 4 members (excludes halogenated alkanes) is 3. The van der Waals surface area contributed by atoms with Crippen LogP contribution in [0.4, 0.5) is 0 Å². The summed E-state index contributed by atoms with van der Waals surface area (Å²) in [6.45, 7) is 22.4. The Morgan fingerprint density at radius 2 is 1.45 bits per heavy atom. The van der Waals surface area contributed by atoms with Gasteiger partial charge in [0.25, 0.3) is 0 Å². The van der Waals surface area contributed by atoms with Crippen LogP contribution in [0.15, 0.2) is 0 Å². The van der Waals surface area contributed by atoms with Gasteiger partial charge in [-0.3, -0.25) is 0 Å². The zero-order valence-corrected chi connectivity index (χ0v) is 29.5. The van der Waals surface area contributed by atoms with E-state index in [1.165, 1.54) is 57.8 Å². The maximum atomic E-state index is 3.20. The molecular formula is C29H53PSn. The van der Waals surface area contributed by atoms with Crippen LogP contribution in [0.25, 0.3) is 0 Å². The monoisotopic (exact) mass is 552 g/mol. The molecule has 0 aliphatic heterocycles. The van der Waals surface area contributed by atoms with E-state index < -0.39 is 0 Å². The van der Waals surface area contributed by atoms with Crippen LogP contribution in [-0.4, -0.2) is 22.5 Å². The molecule has 1 aromatic rings. The number of rotatable bonds is 11. The fraction of sp³-hybridized carbons (Fsp3) is 0.793. The van der Waals surface area contributed by atoms with E-state index >= 15 is 0 Å². The third-order valence-electron chi connectivity index (χ3n) is 9.44. The third kappa shape index (κ3) is 4.45. The molecule has 0 aromatic heterocycles. The van der Waals surface area contributed by atoms with Gasteiger partial charge in [-0.2, -0.15) is 0 Å². The van der Waals surface area contributed by atoms with Gasteiger partial charge in [-0.15, -0.1) is 0 Å². The molecule has 0 saturated heterocycles. The molecule has 0 spiro atoms. The second-order valence-electron chi connectivity index (χ2n) is 11.4. The van der Waals surface area contributed by atoms with E-state index in [2.05, 4.69) is 71.6 Å². The van der Waals surface area contributed by atoms with E-state index in [9.17, 15) is 0 Å². The van der Waals surface area contributed by atoms with Crippen LogP contribution < -0.4 is 5.30 Å². The first-order valence-electron chi connectivity index (χ1n) is 13.5. The number of fused-ring (bicyclic) bond motifs is 1. The van der Waals surface area contributed by atoms with Gasteiger partial charge in [0.05, 0.1) is 0 Å². The summed E-state index contributed by atoms with van der Waals surface area (Å²) in [5.41, 5.74) is 9.11. The molecule has 0 radical (unpaired) electrons. The predicted molar refractivity (Wildman–Crippen MR) is 149 cm³/mol. The normalized spacial score (nSPS) is 25.7. The van der Waals surface area contributed by atoms with Crippen LogP contribution in [0.5, 0.6) is 0 Å². The van der Waals surface area contributed by atoms with Crippen molar-refractivity contribution in [3.05, 3.63) is 27.8 Å². The van der Waals surface area contributed by atoms with Gasteiger partial charge in [0.1, 0.15) is 0 Å². The molecule has 1 aromatic carbocycles. The summed E-state index contributed by atoms with van der Waals surface area (Å²) < 4.78 is 0.440. The van der Waals surface area contributed by atoms with Crippen molar-refractivity contribution in [1.29, 1.82) is 0 Å². The van der Waals surface area contributed by atoms with Crippen LogP contribution in [0.2, 0.25) is 0 Å². The second-order valence-corrected chi connectivity index (χ2v) is 16.5. The van der Waals surface area contributed by atoms with Crippen LogP contribution in [0, 0.1) is 31.1 Å². The SMILES string of the molecule is CCCCc1c(C)c2c(c(C)c1P)[C]([SnH3])(C(C)C)C(CCCC)(C(C)C)C2CCCC. The molecular weight excluding hydrogens is 498 g/mol. The van der Waals surface area contributed by atoms with Crippen molar-refractivity contribution in [3.8, 4) is 0 Å². The Morgan fingerprint density at radius 1 is 0.871 bits per heavy atom. The summed E-state index contributed by atoms with van der Waals surface area (Å²) >= 11 is 0.521. The van der Waals surface area contributed by atoms with E-state index in [0.29, 0.717) is 31.4 Å². The van der Waals surface area contributed by atoms with Crippen molar-refractivity contribution in [2.45, 2.75) is 129 Å². The fourth-order valence-corrected chi connectivity index (χ4v) is 13.3. The van der Waals surface area contributed by atoms with Gasteiger partial charge in [0.15, 0.2) is 0 Å². The molecule has 0 bridgehead atoms. The van der Waals surface area contributed by atoms with E-state index in [1.807, 2.05) is 11.1 Å². The molecule has 0 nitrogen and oxygen atoms in total. The van der Waals surface area contributed by atoms with Gasteiger partial charge in [-0.05, 0) is 0 Å². The van der Waals surface area contributed by atoms with Crippen molar-refractivity contribution in [2.24, 2.45) is 17.3 Å². The summed E-state index contributed by atoms with van der Waals surface area (Å²) in [6.07, 6.45) is 12.1. The van der Waals surface area contributed by atoms with E-state index in [1.54, 1.807) is 22.0 Å². The molecule has 1 aliphatic rings. The molecule has 2 heteroatoms. The van der Waals surface area contributed by atoms with Gasteiger partial charge >= 0.3 is 212 Å². The Morgan fingerprint density at radius 3 is 1.94 bits per heavy atom. The molecule has 31 heavy (non-hydrogen) atoms. The zero-order chi connectivity index (χ0) is 23.6. The van der Waals surface area contributed by atoms with Gasteiger partial charge in [-0.25, -0.2) is 0 Å². The first-order valence-corrected chi connectivity index (χ1v) is 16.9. The van der Waals surface area contributed by atoms with Gasteiger partial charge in [0, 0.05) is 0 Å². The van der Waals surface area contributed by atoms with Crippen molar-refractivity contribution >= 4 is 37.1 Å². The van der Waals surface area contributed by atoms with Crippen molar-refractivity contribution in [1.82, 2.24) is 0 Å². The molecule has 1 aliphatic carbocycles. The summed E-state index contributed by atoms with van der Waals surface area (Å²) in [5, 5.41) is 1.55. The summed E-state index contributed by atoms with van der Waals surface area (Å²) in [6, 6.07) is 0. The molecule has 0 N–H and O–H groups in total. The molecule has 178 valence electrons. The topological polar surface area (TPSA) is 0 Å². The van der Waals surface area contributed by atoms with E-state index in [0.717, 1.165) is 17.8 Å². The van der Waals surface area contributed by atoms with E-state index in [-0.39, 0.29) is 0 Å². The van der Waals surface area contributed by atoms with Crippen LogP contribution in [0.1, 0.15) is 134 Å². The first kappa shape index (κ1) is 27.7. The quantitative estimate of drug-likeness (QED) is 0.198. The molecule has 4 atom stereocenters. The van der Waals surface area contributed by atoms with Gasteiger partial charge < -0.3 is 0 Å². The minimum absolute atomic E-state index is 0.440. The van der Waals surface area contributed by atoms with Gasteiger partial charge in [-0.1, -0.05) is 0 Å². The molecule has 0 fully saturated rings. The Balaban J connectivity index is 2.96. The standard InChI is InChI=1S/C29H50P.Sn.3H/c1-10-13-16-23-21(8)25-24(17-14-11-2)29(20(6)7,18-15-12-3)27(19(4)5)26(25)22(9)28(23)30;;;;/h19-20,24H,10-18,30H2,1-9H3;;;;. The van der Waals surface area contributed by atoms with Crippen LogP contribution >= 0.6 is 9.24 Å². The van der Waals surface area contributed by atoms with E-state index in [4.69, 9.17) is 0 Å². The number of benzene rings is 1. The number of hydrogen-bond acceptors (Lipinski definition) is 0.